The minimum absolute atomic E-state index is 0.0810. The topological polar surface area (TPSA) is 63.2 Å². The Hall–Kier alpha value is -2.37. The molecule has 0 aromatic heterocycles. The minimum Gasteiger partial charge on any atom is -0.325 e. The highest BCUT2D eigenvalue weighted by Gasteiger charge is 2.21. The van der Waals surface area contributed by atoms with Gasteiger partial charge in [0.25, 0.3) is 0 Å². The van der Waals surface area contributed by atoms with Crippen LogP contribution >= 0.6 is 11.6 Å². The van der Waals surface area contributed by atoms with Gasteiger partial charge in [-0.3, -0.25) is 4.79 Å². The first kappa shape index (κ1) is 17.1. The molecule has 132 valence electrons. The number of rotatable bonds is 4. The van der Waals surface area contributed by atoms with E-state index in [0.29, 0.717) is 10.7 Å². The van der Waals surface area contributed by atoms with Crippen LogP contribution in [0.15, 0.2) is 59.5 Å². The van der Waals surface area contributed by atoms with E-state index in [4.69, 9.17) is 11.6 Å². The Morgan fingerprint density at radius 2 is 1.65 bits per heavy atom. The van der Waals surface area contributed by atoms with E-state index in [1.54, 1.807) is 0 Å². The number of benzene rings is 3. The molecule has 4 rings (SSSR count). The summed E-state index contributed by atoms with van der Waals surface area (Å²) in [5.41, 5.74) is 3.17. The summed E-state index contributed by atoms with van der Waals surface area (Å²) < 4.78 is 24.8. The molecule has 0 aliphatic heterocycles. The fraction of sp³-hybridized carbons (Fsp3) is 0.150. The van der Waals surface area contributed by atoms with Gasteiger partial charge in [0.2, 0.25) is 5.91 Å². The maximum atomic E-state index is 12.4. The van der Waals surface area contributed by atoms with E-state index in [-0.39, 0.29) is 4.90 Å². The summed E-state index contributed by atoms with van der Waals surface area (Å²) in [5, 5.41) is 5.33. The predicted octanol–water partition coefficient (Wildman–Crippen LogP) is 4.00. The third-order valence-corrected chi connectivity index (χ3v) is 6.53. The van der Waals surface area contributed by atoms with Crippen molar-refractivity contribution in [3.8, 4) is 0 Å². The normalized spacial score (nSPS) is 13.1. The van der Waals surface area contributed by atoms with E-state index in [0.717, 1.165) is 18.2 Å². The van der Waals surface area contributed by atoms with Crippen molar-refractivity contribution in [1.29, 1.82) is 0 Å². The van der Waals surface area contributed by atoms with Crippen LogP contribution < -0.4 is 5.32 Å². The fourth-order valence-electron chi connectivity index (χ4n) is 3.44. The molecule has 3 aromatic carbocycles. The quantitative estimate of drug-likeness (QED) is 0.738. The van der Waals surface area contributed by atoms with Gasteiger partial charge in [0.1, 0.15) is 5.75 Å². The molecule has 0 fully saturated rings. The lowest BCUT2D eigenvalue weighted by Gasteiger charge is -2.11. The largest absolute Gasteiger partial charge is 0.325 e. The van der Waals surface area contributed by atoms with Crippen LogP contribution in [0.5, 0.6) is 0 Å². The highest BCUT2D eigenvalue weighted by atomic mass is 35.5. The van der Waals surface area contributed by atoms with Gasteiger partial charge in [0, 0.05) is 16.1 Å². The number of amides is 1. The molecule has 0 atom stereocenters. The maximum absolute atomic E-state index is 12.4. The zero-order valence-electron chi connectivity index (χ0n) is 13.8. The van der Waals surface area contributed by atoms with Crippen molar-refractivity contribution in [3.63, 3.8) is 0 Å². The Bertz CT molecular complexity index is 1110. The number of halogens is 1. The average Bonchev–Trinajstić information content (AvgIpc) is 3.02. The smallest absolute Gasteiger partial charge is 0.239 e. The summed E-state index contributed by atoms with van der Waals surface area (Å²) >= 11 is 5.79. The highest BCUT2D eigenvalue weighted by Crippen LogP contribution is 2.35. The molecule has 0 radical (unpaired) electrons. The van der Waals surface area contributed by atoms with Gasteiger partial charge in [-0.15, -0.1) is 0 Å². The summed E-state index contributed by atoms with van der Waals surface area (Å²) in [5.74, 6) is -1.17. The van der Waals surface area contributed by atoms with Crippen LogP contribution in [0.2, 0.25) is 5.02 Å². The molecule has 4 nitrogen and oxygen atoms in total. The van der Waals surface area contributed by atoms with Gasteiger partial charge in [0.05, 0.1) is 4.90 Å². The first-order valence-corrected chi connectivity index (χ1v) is 10.3. The molecular formula is C20H16ClNO3S. The van der Waals surface area contributed by atoms with Crippen LogP contribution in [0, 0.1) is 0 Å². The van der Waals surface area contributed by atoms with E-state index < -0.39 is 21.5 Å². The summed E-state index contributed by atoms with van der Waals surface area (Å²) in [7, 11) is -3.72. The van der Waals surface area contributed by atoms with Crippen LogP contribution in [0.25, 0.3) is 10.8 Å². The molecule has 26 heavy (non-hydrogen) atoms. The number of carbonyl (C=O) groups excluding carboxylic acids is 1. The molecule has 0 saturated heterocycles. The molecular weight excluding hydrogens is 370 g/mol. The molecule has 1 amide bonds. The molecule has 6 heteroatoms. The van der Waals surface area contributed by atoms with Gasteiger partial charge in [0.15, 0.2) is 9.84 Å². The minimum atomic E-state index is -3.72. The molecule has 0 heterocycles. The number of nitrogens with one attached hydrogen (secondary N) is 1. The zero-order valence-corrected chi connectivity index (χ0v) is 15.4. The monoisotopic (exact) mass is 385 g/mol. The second kappa shape index (κ2) is 6.41. The maximum Gasteiger partial charge on any atom is 0.239 e. The Morgan fingerprint density at radius 3 is 2.38 bits per heavy atom. The molecule has 0 spiro atoms. The Labute approximate surface area is 156 Å². The molecule has 1 aliphatic rings. The number of carbonyl (C=O) groups is 1. The van der Waals surface area contributed by atoms with Gasteiger partial charge < -0.3 is 5.32 Å². The van der Waals surface area contributed by atoms with Crippen molar-refractivity contribution < 1.29 is 13.2 Å². The van der Waals surface area contributed by atoms with Crippen LogP contribution in [-0.2, 0) is 27.5 Å². The van der Waals surface area contributed by atoms with Crippen molar-refractivity contribution in [3.05, 3.63) is 70.7 Å². The summed E-state index contributed by atoms with van der Waals surface area (Å²) in [6.45, 7) is 0. The van der Waals surface area contributed by atoms with E-state index >= 15 is 0 Å². The SMILES string of the molecule is O=C(CS(=O)(=O)c1ccc(Cl)cc1)Nc1ccc2c3c(cccc13)CC2. The van der Waals surface area contributed by atoms with Crippen molar-refractivity contribution in [1.82, 2.24) is 0 Å². The van der Waals surface area contributed by atoms with Gasteiger partial charge >= 0.3 is 0 Å². The molecule has 0 bridgehead atoms. The Kier molecular flexibility index (Phi) is 4.21. The highest BCUT2D eigenvalue weighted by molar-refractivity contribution is 7.92. The number of sulfone groups is 1. The number of hydrogen-bond donors (Lipinski definition) is 1. The first-order chi connectivity index (χ1) is 12.4. The van der Waals surface area contributed by atoms with E-state index in [2.05, 4.69) is 11.4 Å². The van der Waals surface area contributed by atoms with Crippen molar-refractivity contribution >= 4 is 43.8 Å². The third-order valence-electron chi connectivity index (χ3n) is 4.64. The third kappa shape index (κ3) is 3.08. The second-order valence-electron chi connectivity index (χ2n) is 6.37. The lowest BCUT2D eigenvalue weighted by Crippen LogP contribution is -2.23. The molecule has 3 aromatic rings. The number of hydrogen-bond acceptors (Lipinski definition) is 3. The van der Waals surface area contributed by atoms with Crippen LogP contribution in [-0.4, -0.2) is 20.1 Å². The summed E-state index contributed by atoms with van der Waals surface area (Å²) in [4.78, 5) is 12.5. The lowest BCUT2D eigenvalue weighted by molar-refractivity contribution is -0.113. The van der Waals surface area contributed by atoms with E-state index in [1.807, 2.05) is 24.3 Å². The summed E-state index contributed by atoms with van der Waals surface area (Å²) in [6, 6.07) is 15.7. The average molecular weight is 386 g/mol. The van der Waals surface area contributed by atoms with Crippen molar-refractivity contribution in [2.45, 2.75) is 17.7 Å². The van der Waals surface area contributed by atoms with E-state index in [9.17, 15) is 13.2 Å². The van der Waals surface area contributed by atoms with Crippen LogP contribution in [0.1, 0.15) is 11.1 Å². The van der Waals surface area contributed by atoms with Crippen molar-refractivity contribution in [2.75, 3.05) is 11.1 Å². The molecule has 1 aliphatic carbocycles. The second-order valence-corrected chi connectivity index (χ2v) is 8.80. The van der Waals surface area contributed by atoms with Gasteiger partial charge in [-0.25, -0.2) is 8.42 Å². The zero-order chi connectivity index (χ0) is 18.3. The lowest BCUT2D eigenvalue weighted by atomic mass is 10.0. The molecule has 1 N–H and O–H groups in total. The molecule has 0 saturated carbocycles. The standard InChI is InChI=1S/C20H16ClNO3S/c21-15-7-9-16(10-8-15)26(24,25)12-19(23)22-18-11-6-14-5-4-13-2-1-3-17(18)20(13)14/h1-3,6-11H,4-5,12H2,(H,22,23). The van der Waals surface area contributed by atoms with Gasteiger partial charge in [-0.1, -0.05) is 35.9 Å². The van der Waals surface area contributed by atoms with Gasteiger partial charge in [-0.05, 0) is 59.7 Å². The Morgan fingerprint density at radius 1 is 0.962 bits per heavy atom. The predicted molar refractivity (Wildman–Crippen MR) is 103 cm³/mol. The van der Waals surface area contributed by atoms with Crippen LogP contribution in [0.4, 0.5) is 5.69 Å². The first-order valence-electron chi connectivity index (χ1n) is 8.26. The summed E-state index contributed by atoms with van der Waals surface area (Å²) in [6.07, 6.45) is 1.99. The van der Waals surface area contributed by atoms with Gasteiger partial charge in [-0.2, -0.15) is 0 Å². The number of aryl methyl sites for hydroxylation is 2. The van der Waals surface area contributed by atoms with E-state index in [1.165, 1.54) is 40.8 Å². The Balaban J connectivity index is 1.60. The number of anilines is 1. The molecule has 0 unspecified atom stereocenters. The fourth-order valence-corrected chi connectivity index (χ4v) is 4.70. The van der Waals surface area contributed by atoms with Crippen LogP contribution in [0.3, 0.4) is 0 Å². The van der Waals surface area contributed by atoms with Crippen molar-refractivity contribution in [2.24, 2.45) is 0 Å².